The number of H-pyrrole nitrogens is 1. The monoisotopic (exact) mass is 409 g/mol. The number of aromatic nitrogens is 2. The van der Waals surface area contributed by atoms with Gasteiger partial charge in [0, 0.05) is 5.69 Å². The van der Waals surface area contributed by atoms with E-state index in [2.05, 4.69) is 17.3 Å². The number of aromatic amines is 1. The van der Waals surface area contributed by atoms with Crippen LogP contribution >= 0.6 is 0 Å². The van der Waals surface area contributed by atoms with E-state index in [-0.39, 0.29) is 10.8 Å². The maximum absolute atomic E-state index is 12.4. The van der Waals surface area contributed by atoms with Crippen LogP contribution in [-0.2, 0) is 27.3 Å². The molecule has 3 aromatic rings. The van der Waals surface area contributed by atoms with Gasteiger partial charge in [0.1, 0.15) is 6.54 Å². The molecule has 0 aliphatic rings. The normalized spacial score (nSPS) is 10.7. The number of nitrogens with zero attached hydrogens (tertiary/aromatic N) is 1. The predicted molar refractivity (Wildman–Crippen MR) is 113 cm³/mol. The molecule has 2 aromatic carbocycles. The first-order valence-corrected chi connectivity index (χ1v) is 9.74. The van der Waals surface area contributed by atoms with Gasteiger partial charge < -0.3 is 10.1 Å². The maximum Gasteiger partial charge on any atom is 0.328 e. The second-order valence-corrected chi connectivity index (χ2v) is 6.89. The molecule has 0 bridgehead atoms. The zero-order chi connectivity index (χ0) is 21.5. The Morgan fingerprint density at radius 1 is 1.03 bits per heavy atom. The van der Waals surface area contributed by atoms with Gasteiger partial charge in [0.15, 0.2) is 6.61 Å². The van der Waals surface area contributed by atoms with Crippen LogP contribution in [0.15, 0.2) is 58.1 Å². The number of hydrogen-bond donors (Lipinski definition) is 2. The molecule has 0 fully saturated rings. The van der Waals surface area contributed by atoms with Crippen molar-refractivity contribution in [2.45, 2.75) is 32.7 Å². The van der Waals surface area contributed by atoms with Gasteiger partial charge in [-0.25, -0.2) is 4.68 Å². The van der Waals surface area contributed by atoms with Crippen molar-refractivity contribution in [1.82, 2.24) is 9.78 Å². The van der Waals surface area contributed by atoms with Crippen LogP contribution in [0, 0.1) is 0 Å². The van der Waals surface area contributed by atoms with Gasteiger partial charge in [-0.2, -0.15) is 0 Å². The molecule has 0 atom stereocenters. The van der Waals surface area contributed by atoms with Crippen molar-refractivity contribution in [2.75, 3.05) is 11.9 Å². The molecule has 1 aromatic heterocycles. The lowest BCUT2D eigenvalue weighted by Gasteiger charge is -2.09. The Kier molecular flexibility index (Phi) is 6.79. The Hall–Kier alpha value is -3.68. The standard InChI is InChI=1S/C22H23N3O5/c1-2-3-6-15-9-11-16(12-10-15)23-19(26)14-30-20(27)13-25-22(29)18-8-5-4-7-17(18)21(28)24-25/h4-5,7-12H,2-3,6,13-14H2,1H3,(H,23,26)(H,24,28). The summed E-state index contributed by atoms with van der Waals surface area (Å²) >= 11 is 0. The Balaban J connectivity index is 1.55. The van der Waals surface area contributed by atoms with E-state index in [1.807, 2.05) is 12.1 Å². The molecule has 8 heteroatoms. The number of benzene rings is 2. The van der Waals surface area contributed by atoms with Crippen molar-refractivity contribution in [3.05, 3.63) is 74.8 Å². The molecule has 0 spiro atoms. The predicted octanol–water partition coefficient (Wildman–Crippen LogP) is 2.21. The summed E-state index contributed by atoms with van der Waals surface area (Å²) in [4.78, 5) is 48.5. The van der Waals surface area contributed by atoms with Gasteiger partial charge in [-0.15, -0.1) is 0 Å². The van der Waals surface area contributed by atoms with E-state index in [0.717, 1.165) is 23.9 Å². The molecular weight excluding hydrogens is 386 g/mol. The second-order valence-electron chi connectivity index (χ2n) is 6.89. The molecule has 1 heterocycles. The van der Waals surface area contributed by atoms with Gasteiger partial charge in [0.05, 0.1) is 10.8 Å². The van der Waals surface area contributed by atoms with E-state index < -0.39 is 36.1 Å². The summed E-state index contributed by atoms with van der Waals surface area (Å²) in [5, 5.41) is 5.44. The first kappa shape index (κ1) is 21.0. The number of aryl methyl sites for hydroxylation is 1. The highest BCUT2D eigenvalue weighted by Gasteiger charge is 2.12. The Labute approximate surface area is 172 Å². The van der Waals surface area contributed by atoms with E-state index in [1.54, 1.807) is 24.3 Å². The summed E-state index contributed by atoms with van der Waals surface area (Å²) in [6.07, 6.45) is 3.20. The molecule has 2 N–H and O–H groups in total. The Morgan fingerprint density at radius 3 is 2.43 bits per heavy atom. The first-order valence-electron chi connectivity index (χ1n) is 9.74. The topological polar surface area (TPSA) is 110 Å². The zero-order valence-electron chi connectivity index (χ0n) is 16.6. The summed E-state index contributed by atoms with van der Waals surface area (Å²) in [6.45, 7) is 1.13. The summed E-state index contributed by atoms with van der Waals surface area (Å²) in [7, 11) is 0. The molecule has 0 aliphatic carbocycles. The summed E-state index contributed by atoms with van der Waals surface area (Å²) in [5.41, 5.74) is 0.787. The molecule has 0 saturated carbocycles. The fourth-order valence-electron chi connectivity index (χ4n) is 3.01. The third-order valence-electron chi connectivity index (χ3n) is 4.59. The molecule has 30 heavy (non-hydrogen) atoms. The van der Waals surface area contributed by atoms with E-state index >= 15 is 0 Å². The highest BCUT2D eigenvalue weighted by Crippen LogP contribution is 2.11. The molecule has 0 saturated heterocycles. The number of nitrogens with one attached hydrogen (secondary N) is 2. The summed E-state index contributed by atoms with van der Waals surface area (Å²) in [6, 6.07) is 13.8. The number of anilines is 1. The minimum Gasteiger partial charge on any atom is -0.454 e. The molecule has 1 amide bonds. The average Bonchev–Trinajstić information content (AvgIpc) is 2.75. The number of unbranched alkanes of at least 4 members (excludes halogenated alkanes) is 1. The van der Waals surface area contributed by atoms with Crippen molar-refractivity contribution >= 4 is 28.3 Å². The number of esters is 1. The minimum absolute atomic E-state index is 0.203. The summed E-state index contributed by atoms with van der Waals surface area (Å²) in [5.74, 6) is -1.31. The molecular formula is C22H23N3O5. The molecule has 8 nitrogen and oxygen atoms in total. The molecule has 3 rings (SSSR count). The molecule has 0 unspecified atom stereocenters. The highest BCUT2D eigenvalue weighted by molar-refractivity contribution is 5.92. The lowest BCUT2D eigenvalue weighted by molar-refractivity contribution is -0.148. The first-order chi connectivity index (χ1) is 14.5. The van der Waals surface area contributed by atoms with Crippen LogP contribution in [0.25, 0.3) is 10.8 Å². The fraction of sp³-hybridized carbons (Fsp3) is 0.273. The third kappa shape index (κ3) is 5.22. The van der Waals surface area contributed by atoms with Gasteiger partial charge >= 0.3 is 5.97 Å². The molecule has 156 valence electrons. The van der Waals surface area contributed by atoms with E-state index in [4.69, 9.17) is 4.74 Å². The number of ether oxygens (including phenoxy) is 1. The van der Waals surface area contributed by atoms with Crippen LogP contribution in [0.1, 0.15) is 25.3 Å². The number of hydrogen-bond acceptors (Lipinski definition) is 5. The van der Waals surface area contributed by atoms with Gasteiger partial charge in [0.25, 0.3) is 17.0 Å². The van der Waals surface area contributed by atoms with Crippen molar-refractivity contribution in [3.8, 4) is 0 Å². The van der Waals surface area contributed by atoms with Gasteiger partial charge in [-0.1, -0.05) is 37.6 Å². The lowest BCUT2D eigenvalue weighted by atomic mass is 10.1. The van der Waals surface area contributed by atoms with Crippen LogP contribution in [0.3, 0.4) is 0 Å². The van der Waals surface area contributed by atoms with Crippen LogP contribution in [0.5, 0.6) is 0 Å². The van der Waals surface area contributed by atoms with E-state index in [9.17, 15) is 19.2 Å². The number of fused-ring (bicyclic) bond motifs is 1. The van der Waals surface area contributed by atoms with Crippen molar-refractivity contribution < 1.29 is 14.3 Å². The highest BCUT2D eigenvalue weighted by atomic mass is 16.5. The van der Waals surface area contributed by atoms with E-state index in [1.165, 1.54) is 17.7 Å². The maximum atomic E-state index is 12.4. The minimum atomic E-state index is -0.812. The number of carbonyl (C=O) groups excluding carboxylic acids is 2. The summed E-state index contributed by atoms with van der Waals surface area (Å²) < 4.78 is 5.81. The van der Waals surface area contributed by atoms with Crippen LogP contribution in [0.4, 0.5) is 5.69 Å². The van der Waals surface area contributed by atoms with Crippen molar-refractivity contribution in [1.29, 1.82) is 0 Å². The second kappa shape index (κ2) is 9.69. The largest absolute Gasteiger partial charge is 0.454 e. The van der Waals surface area contributed by atoms with Crippen LogP contribution < -0.4 is 16.4 Å². The van der Waals surface area contributed by atoms with Crippen LogP contribution in [-0.4, -0.2) is 28.3 Å². The third-order valence-corrected chi connectivity index (χ3v) is 4.59. The number of rotatable bonds is 8. The zero-order valence-corrected chi connectivity index (χ0v) is 16.6. The lowest BCUT2D eigenvalue weighted by Crippen LogP contribution is -2.33. The van der Waals surface area contributed by atoms with E-state index in [0.29, 0.717) is 5.69 Å². The van der Waals surface area contributed by atoms with Crippen molar-refractivity contribution in [3.63, 3.8) is 0 Å². The fourth-order valence-corrected chi connectivity index (χ4v) is 3.01. The smallest absolute Gasteiger partial charge is 0.328 e. The quantitative estimate of drug-likeness (QED) is 0.554. The van der Waals surface area contributed by atoms with Crippen molar-refractivity contribution in [2.24, 2.45) is 0 Å². The number of carbonyl (C=O) groups is 2. The van der Waals surface area contributed by atoms with Gasteiger partial charge in [-0.3, -0.25) is 24.3 Å². The molecule has 0 radical (unpaired) electrons. The van der Waals surface area contributed by atoms with Crippen LogP contribution in [0.2, 0.25) is 0 Å². The SMILES string of the molecule is CCCCc1ccc(NC(=O)COC(=O)Cn2[nH]c(=O)c3ccccc3c2=O)cc1. The Bertz CT molecular complexity index is 1160. The number of amides is 1. The van der Waals surface area contributed by atoms with Gasteiger partial charge in [0.2, 0.25) is 0 Å². The Morgan fingerprint density at radius 2 is 1.73 bits per heavy atom. The average molecular weight is 409 g/mol. The molecule has 0 aliphatic heterocycles. The van der Waals surface area contributed by atoms with Gasteiger partial charge in [-0.05, 0) is 42.7 Å².